The first-order valence-electron chi connectivity index (χ1n) is 6.34. The van der Waals surface area contributed by atoms with Crippen LogP contribution in [0.1, 0.15) is 0 Å². The summed E-state index contributed by atoms with van der Waals surface area (Å²) in [7, 11) is 3.59. The maximum absolute atomic E-state index is 5.76. The van der Waals surface area contributed by atoms with E-state index in [9.17, 15) is 0 Å². The topological polar surface area (TPSA) is 30.5 Å². The molecule has 0 aliphatic rings. The second kappa shape index (κ2) is 6.81. The highest BCUT2D eigenvalue weighted by Crippen LogP contribution is 2.31. The van der Waals surface area contributed by atoms with Crippen LogP contribution >= 0.6 is 0 Å². The molecule has 0 aliphatic carbocycles. The van der Waals surface area contributed by atoms with Crippen LogP contribution in [0.4, 0.5) is 5.69 Å². The Hall–Kier alpha value is -2.00. The summed E-state index contributed by atoms with van der Waals surface area (Å²) in [6.07, 6.45) is 0. The van der Waals surface area contributed by atoms with Gasteiger partial charge in [0.1, 0.15) is 12.4 Å². The number of hydrogen-bond donors (Lipinski definition) is 1. The van der Waals surface area contributed by atoms with Crippen LogP contribution in [-0.2, 0) is 4.74 Å². The molecule has 0 spiro atoms. The van der Waals surface area contributed by atoms with E-state index in [1.807, 2.05) is 37.4 Å². The average Bonchev–Trinajstić information content (AvgIpc) is 2.48. The largest absolute Gasteiger partial charge is 0.491 e. The van der Waals surface area contributed by atoms with Crippen molar-refractivity contribution in [1.29, 1.82) is 0 Å². The lowest BCUT2D eigenvalue weighted by Crippen LogP contribution is -2.05. The Morgan fingerprint density at radius 2 is 1.84 bits per heavy atom. The summed E-state index contributed by atoms with van der Waals surface area (Å²) in [6, 6.07) is 16.3. The first-order chi connectivity index (χ1) is 9.35. The fourth-order valence-electron chi connectivity index (χ4n) is 1.91. The standard InChI is InChI=1S/C16H19NO2/c1-17-14-7-5-6-13(12-14)15-8-3-4-9-16(15)19-11-10-18-2/h3-9,12,17H,10-11H2,1-2H3. The van der Waals surface area contributed by atoms with Crippen LogP contribution in [0, 0.1) is 0 Å². The van der Waals surface area contributed by atoms with Gasteiger partial charge in [-0.05, 0) is 23.8 Å². The monoisotopic (exact) mass is 257 g/mol. The van der Waals surface area contributed by atoms with Gasteiger partial charge < -0.3 is 14.8 Å². The molecule has 0 atom stereocenters. The predicted molar refractivity (Wildman–Crippen MR) is 78.8 cm³/mol. The lowest BCUT2D eigenvalue weighted by atomic mass is 10.0. The number of hydrogen-bond acceptors (Lipinski definition) is 3. The molecule has 0 heterocycles. The van der Waals surface area contributed by atoms with E-state index in [1.165, 1.54) is 0 Å². The van der Waals surface area contributed by atoms with E-state index in [2.05, 4.69) is 23.5 Å². The number of ether oxygens (including phenoxy) is 2. The molecule has 0 saturated carbocycles. The number of methoxy groups -OCH3 is 1. The fourth-order valence-corrected chi connectivity index (χ4v) is 1.91. The molecule has 0 aromatic heterocycles. The van der Waals surface area contributed by atoms with Crippen LogP contribution in [-0.4, -0.2) is 27.4 Å². The number of benzene rings is 2. The van der Waals surface area contributed by atoms with Crippen LogP contribution in [0.15, 0.2) is 48.5 Å². The summed E-state index contributed by atoms with van der Waals surface area (Å²) in [5.74, 6) is 0.882. The molecule has 19 heavy (non-hydrogen) atoms. The molecule has 2 rings (SSSR count). The Labute approximate surface area is 114 Å². The van der Waals surface area contributed by atoms with E-state index in [1.54, 1.807) is 7.11 Å². The van der Waals surface area contributed by atoms with Crippen molar-refractivity contribution in [2.75, 3.05) is 32.7 Å². The first-order valence-corrected chi connectivity index (χ1v) is 6.34. The van der Waals surface area contributed by atoms with E-state index in [0.29, 0.717) is 13.2 Å². The SMILES string of the molecule is CNc1cccc(-c2ccccc2OCCOC)c1. The van der Waals surface area contributed by atoms with Gasteiger partial charge >= 0.3 is 0 Å². The van der Waals surface area contributed by atoms with Crippen molar-refractivity contribution in [1.82, 2.24) is 0 Å². The maximum Gasteiger partial charge on any atom is 0.127 e. The van der Waals surface area contributed by atoms with Crippen molar-refractivity contribution in [3.63, 3.8) is 0 Å². The molecule has 3 heteroatoms. The normalized spacial score (nSPS) is 10.2. The van der Waals surface area contributed by atoms with Gasteiger partial charge in [-0.3, -0.25) is 0 Å². The quantitative estimate of drug-likeness (QED) is 0.804. The third-order valence-corrected chi connectivity index (χ3v) is 2.89. The van der Waals surface area contributed by atoms with E-state index >= 15 is 0 Å². The summed E-state index contributed by atoms with van der Waals surface area (Å²) < 4.78 is 10.8. The zero-order valence-electron chi connectivity index (χ0n) is 11.3. The highest BCUT2D eigenvalue weighted by atomic mass is 16.5. The summed E-state index contributed by atoms with van der Waals surface area (Å²) in [5, 5.41) is 3.15. The number of para-hydroxylation sites is 1. The summed E-state index contributed by atoms with van der Waals surface area (Å²) >= 11 is 0. The smallest absolute Gasteiger partial charge is 0.127 e. The Morgan fingerprint density at radius 1 is 1.00 bits per heavy atom. The van der Waals surface area contributed by atoms with E-state index in [4.69, 9.17) is 9.47 Å². The van der Waals surface area contributed by atoms with Crippen LogP contribution in [0.3, 0.4) is 0 Å². The summed E-state index contributed by atoms with van der Waals surface area (Å²) in [4.78, 5) is 0. The fraction of sp³-hybridized carbons (Fsp3) is 0.250. The predicted octanol–water partition coefficient (Wildman–Crippen LogP) is 3.42. The van der Waals surface area contributed by atoms with Gasteiger partial charge in [0.25, 0.3) is 0 Å². The van der Waals surface area contributed by atoms with E-state index < -0.39 is 0 Å². The van der Waals surface area contributed by atoms with Gasteiger partial charge in [0.2, 0.25) is 0 Å². The molecule has 0 aliphatic heterocycles. The van der Waals surface area contributed by atoms with Gasteiger partial charge in [-0.1, -0.05) is 30.3 Å². The zero-order chi connectivity index (χ0) is 13.5. The lowest BCUT2D eigenvalue weighted by molar-refractivity contribution is 0.146. The highest BCUT2D eigenvalue weighted by Gasteiger charge is 2.06. The molecule has 0 unspecified atom stereocenters. The molecule has 2 aromatic rings. The van der Waals surface area contributed by atoms with Crippen molar-refractivity contribution in [3.05, 3.63) is 48.5 Å². The van der Waals surface area contributed by atoms with Gasteiger partial charge in [0, 0.05) is 25.4 Å². The molecule has 1 N–H and O–H groups in total. The molecule has 0 radical (unpaired) electrons. The number of anilines is 1. The maximum atomic E-state index is 5.76. The summed E-state index contributed by atoms with van der Waals surface area (Å²) in [6.45, 7) is 1.14. The van der Waals surface area contributed by atoms with Gasteiger partial charge in [-0.15, -0.1) is 0 Å². The Morgan fingerprint density at radius 3 is 2.63 bits per heavy atom. The molecule has 2 aromatic carbocycles. The Balaban J connectivity index is 2.27. The van der Waals surface area contributed by atoms with Crippen molar-refractivity contribution in [3.8, 4) is 16.9 Å². The summed E-state index contributed by atoms with van der Waals surface area (Å²) in [5.41, 5.74) is 3.32. The van der Waals surface area contributed by atoms with E-state index in [0.717, 1.165) is 22.6 Å². The van der Waals surface area contributed by atoms with Crippen molar-refractivity contribution >= 4 is 5.69 Å². The van der Waals surface area contributed by atoms with Crippen molar-refractivity contribution in [2.24, 2.45) is 0 Å². The number of nitrogens with one attached hydrogen (secondary N) is 1. The second-order valence-electron chi connectivity index (χ2n) is 4.17. The minimum Gasteiger partial charge on any atom is -0.491 e. The molecular formula is C16H19NO2. The van der Waals surface area contributed by atoms with E-state index in [-0.39, 0.29) is 0 Å². The van der Waals surface area contributed by atoms with Crippen LogP contribution in [0.5, 0.6) is 5.75 Å². The number of rotatable bonds is 6. The Kier molecular flexibility index (Phi) is 4.81. The van der Waals surface area contributed by atoms with Gasteiger partial charge in [0.05, 0.1) is 6.61 Å². The van der Waals surface area contributed by atoms with Gasteiger partial charge in [-0.25, -0.2) is 0 Å². The molecule has 0 fully saturated rings. The van der Waals surface area contributed by atoms with Crippen molar-refractivity contribution in [2.45, 2.75) is 0 Å². The van der Waals surface area contributed by atoms with Gasteiger partial charge in [0.15, 0.2) is 0 Å². The minimum absolute atomic E-state index is 0.555. The van der Waals surface area contributed by atoms with Crippen LogP contribution in [0.25, 0.3) is 11.1 Å². The first kappa shape index (κ1) is 13.4. The molecule has 0 amide bonds. The second-order valence-corrected chi connectivity index (χ2v) is 4.17. The third kappa shape index (κ3) is 3.48. The average molecular weight is 257 g/mol. The molecule has 3 nitrogen and oxygen atoms in total. The highest BCUT2D eigenvalue weighted by molar-refractivity contribution is 5.73. The zero-order valence-corrected chi connectivity index (χ0v) is 11.3. The third-order valence-electron chi connectivity index (χ3n) is 2.89. The van der Waals surface area contributed by atoms with Crippen molar-refractivity contribution < 1.29 is 9.47 Å². The minimum atomic E-state index is 0.555. The van der Waals surface area contributed by atoms with Crippen LogP contribution in [0.2, 0.25) is 0 Å². The lowest BCUT2D eigenvalue weighted by Gasteiger charge is -2.12. The molecule has 0 bridgehead atoms. The Bertz CT molecular complexity index is 526. The molecule has 0 saturated heterocycles. The molecular weight excluding hydrogens is 238 g/mol. The van der Waals surface area contributed by atoms with Gasteiger partial charge in [-0.2, -0.15) is 0 Å². The van der Waals surface area contributed by atoms with Crippen LogP contribution < -0.4 is 10.1 Å². The molecule has 100 valence electrons.